The summed E-state index contributed by atoms with van der Waals surface area (Å²) in [5.74, 6) is -0.171. The van der Waals surface area contributed by atoms with Gasteiger partial charge in [-0.05, 0) is 18.1 Å². The molecule has 2 aromatic rings. The van der Waals surface area contributed by atoms with Gasteiger partial charge in [0.1, 0.15) is 5.82 Å². The smallest absolute Gasteiger partial charge is 0.253 e. The molecule has 2 rings (SSSR count). The second kappa shape index (κ2) is 7.06. The minimum Gasteiger partial charge on any atom is -0.394 e. The zero-order chi connectivity index (χ0) is 15.2. The molecule has 0 unspecified atom stereocenters. The lowest BCUT2D eigenvalue weighted by Gasteiger charge is -2.16. The zero-order valence-corrected chi connectivity index (χ0v) is 12.0. The molecular formula is C15H16ClN3O2. The van der Waals surface area contributed by atoms with Crippen molar-refractivity contribution in [2.24, 2.45) is 0 Å². The van der Waals surface area contributed by atoms with Gasteiger partial charge in [0.05, 0.1) is 23.2 Å². The molecule has 4 N–H and O–H groups in total. The number of nitrogens with one attached hydrogen (secondary N) is 1. The number of pyridine rings is 1. The van der Waals surface area contributed by atoms with Crippen molar-refractivity contribution >= 4 is 23.3 Å². The second-order valence-corrected chi connectivity index (χ2v) is 5.04. The Hall–Kier alpha value is -2.11. The maximum absolute atomic E-state index is 12.1. The average molecular weight is 306 g/mol. The molecule has 1 aromatic carbocycles. The number of aliphatic hydroxyl groups excluding tert-OH is 1. The number of carbonyl (C=O) groups is 1. The number of carbonyl (C=O) groups excluding carboxylic acids is 1. The van der Waals surface area contributed by atoms with Gasteiger partial charge in [-0.15, -0.1) is 0 Å². The Bertz CT molecular complexity index is 620. The van der Waals surface area contributed by atoms with Crippen molar-refractivity contribution in [3.63, 3.8) is 0 Å². The van der Waals surface area contributed by atoms with E-state index < -0.39 is 0 Å². The monoisotopic (exact) mass is 305 g/mol. The van der Waals surface area contributed by atoms with Crippen molar-refractivity contribution in [1.82, 2.24) is 10.3 Å². The van der Waals surface area contributed by atoms with E-state index in [9.17, 15) is 9.90 Å². The Morgan fingerprint density at radius 2 is 2.10 bits per heavy atom. The molecule has 0 aliphatic rings. The van der Waals surface area contributed by atoms with Crippen LogP contribution in [-0.2, 0) is 6.42 Å². The fourth-order valence-corrected chi connectivity index (χ4v) is 2.07. The maximum Gasteiger partial charge on any atom is 0.253 e. The Morgan fingerprint density at radius 3 is 2.71 bits per heavy atom. The number of aromatic nitrogens is 1. The molecule has 0 fully saturated rings. The highest BCUT2D eigenvalue weighted by Gasteiger charge is 2.15. The van der Waals surface area contributed by atoms with Crippen LogP contribution in [0.15, 0.2) is 42.6 Å². The summed E-state index contributed by atoms with van der Waals surface area (Å²) < 4.78 is 0. The quantitative estimate of drug-likeness (QED) is 0.784. The molecule has 6 heteroatoms. The summed E-state index contributed by atoms with van der Waals surface area (Å²) in [6.45, 7) is -0.156. The Labute approximate surface area is 127 Å². The van der Waals surface area contributed by atoms with Gasteiger partial charge in [-0.25, -0.2) is 4.98 Å². The number of aliphatic hydroxyl groups is 1. The van der Waals surface area contributed by atoms with Gasteiger partial charge in [0, 0.05) is 6.20 Å². The minimum atomic E-state index is -0.378. The summed E-state index contributed by atoms with van der Waals surface area (Å²) in [5, 5.41) is 12.4. The first-order chi connectivity index (χ1) is 10.1. The van der Waals surface area contributed by atoms with E-state index in [1.165, 1.54) is 12.3 Å². The van der Waals surface area contributed by atoms with Crippen LogP contribution in [0.2, 0.25) is 5.02 Å². The van der Waals surface area contributed by atoms with Gasteiger partial charge in [-0.3, -0.25) is 4.79 Å². The van der Waals surface area contributed by atoms with Crippen molar-refractivity contribution in [1.29, 1.82) is 0 Å². The fraction of sp³-hybridized carbons (Fsp3) is 0.200. The summed E-state index contributed by atoms with van der Waals surface area (Å²) in [4.78, 5) is 15.9. The first-order valence-corrected chi connectivity index (χ1v) is 6.84. The molecule has 21 heavy (non-hydrogen) atoms. The van der Waals surface area contributed by atoms with Crippen LogP contribution in [0.5, 0.6) is 0 Å². The molecule has 1 aromatic heterocycles. The van der Waals surface area contributed by atoms with E-state index in [-0.39, 0.29) is 29.4 Å². The van der Waals surface area contributed by atoms with Crippen LogP contribution in [0.4, 0.5) is 5.82 Å². The largest absolute Gasteiger partial charge is 0.394 e. The third kappa shape index (κ3) is 4.18. The molecule has 1 atom stereocenters. The lowest BCUT2D eigenvalue weighted by Crippen LogP contribution is -2.39. The normalized spacial score (nSPS) is 11.9. The van der Waals surface area contributed by atoms with Crippen LogP contribution in [0.1, 0.15) is 15.9 Å². The minimum absolute atomic E-state index is 0.156. The van der Waals surface area contributed by atoms with Crippen LogP contribution < -0.4 is 11.1 Å². The standard InChI is InChI=1S/C15H16ClN3O2/c16-13-7-11(8-18-14(13)17)15(21)19-12(9-20)6-10-4-2-1-3-5-10/h1-5,7-8,12,20H,6,9H2,(H2,17,18)(H,19,21)/t12-/m1/s1. The second-order valence-electron chi connectivity index (χ2n) is 4.63. The summed E-state index contributed by atoms with van der Waals surface area (Å²) in [5.41, 5.74) is 6.84. The van der Waals surface area contributed by atoms with Crippen LogP contribution in [0, 0.1) is 0 Å². The SMILES string of the molecule is Nc1ncc(C(=O)N[C@@H](CO)Cc2ccccc2)cc1Cl. The van der Waals surface area contributed by atoms with Crippen molar-refractivity contribution in [2.45, 2.75) is 12.5 Å². The Kier molecular flexibility index (Phi) is 5.14. The van der Waals surface area contributed by atoms with E-state index in [1.54, 1.807) is 0 Å². The average Bonchev–Trinajstić information content (AvgIpc) is 2.50. The molecular weight excluding hydrogens is 290 g/mol. The summed E-state index contributed by atoms with van der Waals surface area (Å²) in [7, 11) is 0. The number of nitrogens with zero attached hydrogens (tertiary/aromatic N) is 1. The van der Waals surface area contributed by atoms with Crippen LogP contribution >= 0.6 is 11.6 Å². The number of amides is 1. The van der Waals surface area contributed by atoms with E-state index in [4.69, 9.17) is 17.3 Å². The molecule has 1 amide bonds. The number of nitrogens with two attached hydrogens (primary N) is 1. The number of halogens is 1. The lowest BCUT2D eigenvalue weighted by molar-refractivity contribution is 0.0916. The third-order valence-corrected chi connectivity index (χ3v) is 3.32. The predicted molar refractivity (Wildman–Crippen MR) is 82.1 cm³/mol. The maximum atomic E-state index is 12.1. The number of rotatable bonds is 5. The van der Waals surface area contributed by atoms with Crippen molar-refractivity contribution < 1.29 is 9.90 Å². The highest BCUT2D eigenvalue weighted by Crippen LogP contribution is 2.16. The molecule has 0 aliphatic carbocycles. The highest BCUT2D eigenvalue weighted by molar-refractivity contribution is 6.33. The molecule has 1 heterocycles. The lowest BCUT2D eigenvalue weighted by atomic mass is 10.1. The van der Waals surface area contributed by atoms with Crippen LogP contribution in [-0.4, -0.2) is 28.6 Å². The topological polar surface area (TPSA) is 88.2 Å². The van der Waals surface area contributed by atoms with Gasteiger partial charge in [-0.2, -0.15) is 0 Å². The predicted octanol–water partition coefficient (Wildman–Crippen LogP) is 1.65. The summed E-state index contributed by atoms with van der Waals surface area (Å²) in [6, 6.07) is 10.7. The van der Waals surface area contributed by atoms with Crippen molar-refractivity contribution in [2.75, 3.05) is 12.3 Å². The molecule has 0 saturated carbocycles. The number of hydrogen-bond donors (Lipinski definition) is 3. The number of hydrogen-bond acceptors (Lipinski definition) is 4. The first-order valence-electron chi connectivity index (χ1n) is 6.47. The summed E-state index contributed by atoms with van der Waals surface area (Å²) >= 11 is 5.84. The summed E-state index contributed by atoms with van der Waals surface area (Å²) in [6.07, 6.45) is 1.90. The molecule has 110 valence electrons. The van der Waals surface area contributed by atoms with E-state index in [1.807, 2.05) is 30.3 Å². The van der Waals surface area contributed by atoms with Crippen molar-refractivity contribution in [3.05, 3.63) is 58.7 Å². The number of nitrogen functional groups attached to an aromatic ring is 1. The van der Waals surface area contributed by atoms with Crippen LogP contribution in [0.3, 0.4) is 0 Å². The van der Waals surface area contributed by atoms with Gasteiger partial charge >= 0.3 is 0 Å². The van der Waals surface area contributed by atoms with Gasteiger partial charge in [0.2, 0.25) is 0 Å². The molecule has 0 radical (unpaired) electrons. The van der Waals surface area contributed by atoms with Gasteiger partial charge < -0.3 is 16.2 Å². The Morgan fingerprint density at radius 1 is 1.38 bits per heavy atom. The highest BCUT2D eigenvalue weighted by atomic mass is 35.5. The van der Waals surface area contributed by atoms with Gasteiger partial charge in [0.15, 0.2) is 0 Å². The molecule has 0 aliphatic heterocycles. The Balaban J connectivity index is 2.04. The van der Waals surface area contributed by atoms with E-state index in [0.717, 1.165) is 5.56 Å². The fourth-order valence-electron chi connectivity index (χ4n) is 1.90. The molecule has 0 spiro atoms. The molecule has 0 bridgehead atoms. The van der Waals surface area contributed by atoms with Crippen molar-refractivity contribution in [3.8, 4) is 0 Å². The van der Waals surface area contributed by atoms with E-state index >= 15 is 0 Å². The number of benzene rings is 1. The number of anilines is 1. The molecule has 5 nitrogen and oxygen atoms in total. The first kappa shape index (κ1) is 15.3. The van der Waals surface area contributed by atoms with E-state index in [2.05, 4.69) is 10.3 Å². The van der Waals surface area contributed by atoms with Gasteiger partial charge in [-0.1, -0.05) is 41.9 Å². The van der Waals surface area contributed by atoms with E-state index in [0.29, 0.717) is 12.0 Å². The zero-order valence-electron chi connectivity index (χ0n) is 11.3. The van der Waals surface area contributed by atoms with Gasteiger partial charge in [0.25, 0.3) is 5.91 Å². The third-order valence-electron chi connectivity index (χ3n) is 3.01. The molecule has 0 saturated heterocycles. The van der Waals surface area contributed by atoms with Crippen LogP contribution in [0.25, 0.3) is 0 Å².